The molecule has 0 rings (SSSR count). The predicted molar refractivity (Wildman–Crippen MR) is 281 cm³/mol. The molecule has 0 N–H and O–H groups in total. The van der Waals surface area contributed by atoms with E-state index in [9.17, 15) is 18.8 Å². The minimum Gasteiger partial charge on any atom is -0.466 e. The summed E-state index contributed by atoms with van der Waals surface area (Å²) in [6.07, 6.45) is 41.7. The van der Waals surface area contributed by atoms with Gasteiger partial charge in [0, 0.05) is 25.4 Å². The van der Waals surface area contributed by atoms with Crippen LogP contribution in [0.25, 0.3) is 0 Å². The fraction of sp³-hybridized carbons (Fsp3) is 0.948. The minimum absolute atomic E-state index is 0.0459. The van der Waals surface area contributed by atoms with Crippen LogP contribution in [0.15, 0.2) is 0 Å². The van der Waals surface area contributed by atoms with Gasteiger partial charge in [0.15, 0.2) is 6.17 Å². The zero-order chi connectivity index (χ0) is 48.7. The summed E-state index contributed by atoms with van der Waals surface area (Å²) < 4.78 is 26.1. The molecule has 0 aromatic heterocycles. The number of ether oxygens (including phenoxy) is 2. The second-order valence-electron chi connectivity index (χ2n) is 20.7. The van der Waals surface area contributed by atoms with Gasteiger partial charge in [-0.05, 0) is 90.3 Å². The van der Waals surface area contributed by atoms with E-state index in [2.05, 4.69) is 58.5 Å². The quantitative estimate of drug-likeness (QED) is 0.0447. The first-order valence-electron chi connectivity index (χ1n) is 29.0. The van der Waals surface area contributed by atoms with Gasteiger partial charge >= 0.3 is 11.9 Å². The van der Waals surface area contributed by atoms with E-state index in [-0.39, 0.29) is 24.3 Å². The maximum absolute atomic E-state index is 14.9. The number of amides is 1. The maximum atomic E-state index is 14.9. The highest BCUT2D eigenvalue weighted by Gasteiger charge is 2.24. The molecule has 0 fully saturated rings. The van der Waals surface area contributed by atoms with Gasteiger partial charge < -0.3 is 19.3 Å². The van der Waals surface area contributed by atoms with Crippen molar-refractivity contribution in [1.29, 1.82) is 0 Å². The van der Waals surface area contributed by atoms with Gasteiger partial charge in [0.1, 0.15) is 0 Å². The van der Waals surface area contributed by atoms with Crippen LogP contribution < -0.4 is 0 Å². The van der Waals surface area contributed by atoms with E-state index >= 15 is 0 Å². The van der Waals surface area contributed by atoms with Gasteiger partial charge in [0.05, 0.1) is 13.2 Å². The van der Waals surface area contributed by atoms with Gasteiger partial charge in [-0.15, -0.1) is 0 Å². The van der Waals surface area contributed by atoms with Crippen molar-refractivity contribution < 1.29 is 28.2 Å². The van der Waals surface area contributed by atoms with Gasteiger partial charge in [0.25, 0.3) is 0 Å². The molecule has 0 radical (unpaired) electrons. The summed E-state index contributed by atoms with van der Waals surface area (Å²) in [4.78, 5) is 43.5. The van der Waals surface area contributed by atoms with E-state index in [0.717, 1.165) is 103 Å². The molecule has 0 aliphatic carbocycles. The van der Waals surface area contributed by atoms with Crippen molar-refractivity contribution in [2.75, 3.05) is 40.4 Å². The fourth-order valence-electron chi connectivity index (χ4n) is 9.68. The van der Waals surface area contributed by atoms with Crippen LogP contribution in [0.5, 0.6) is 0 Å². The topological polar surface area (TPSA) is 76.1 Å². The van der Waals surface area contributed by atoms with Gasteiger partial charge in [-0.1, -0.05) is 221 Å². The molecular formula is C58H113FN2O5. The highest BCUT2D eigenvalue weighted by molar-refractivity contribution is 5.76. The number of alkyl halides is 1. The first-order chi connectivity index (χ1) is 32.1. The molecule has 7 nitrogen and oxygen atoms in total. The highest BCUT2D eigenvalue weighted by Crippen LogP contribution is 2.25. The van der Waals surface area contributed by atoms with E-state index in [0.29, 0.717) is 44.3 Å². The summed E-state index contributed by atoms with van der Waals surface area (Å²) in [7, 11) is 4.14. The molecule has 0 bridgehead atoms. The highest BCUT2D eigenvalue weighted by atomic mass is 19.1. The van der Waals surface area contributed by atoms with Crippen LogP contribution in [-0.2, 0) is 23.9 Å². The molecule has 66 heavy (non-hydrogen) atoms. The zero-order valence-corrected chi connectivity index (χ0v) is 45.2. The van der Waals surface area contributed by atoms with E-state index < -0.39 is 12.1 Å². The number of carbonyl (C=O) groups excluding carboxylic acids is 3. The number of nitrogens with zero attached hydrogens (tertiary/aromatic N) is 2. The summed E-state index contributed by atoms with van der Waals surface area (Å²) in [5.74, 6) is 0.807. The Morgan fingerprint density at radius 2 is 0.803 bits per heavy atom. The van der Waals surface area contributed by atoms with E-state index in [1.807, 2.05) is 0 Å². The Morgan fingerprint density at radius 1 is 0.409 bits per heavy atom. The molecule has 0 aliphatic rings. The minimum atomic E-state index is -1.54. The van der Waals surface area contributed by atoms with Gasteiger partial charge in [0.2, 0.25) is 5.91 Å². The van der Waals surface area contributed by atoms with Crippen molar-refractivity contribution in [1.82, 2.24) is 9.80 Å². The number of hydrogen-bond acceptors (Lipinski definition) is 6. The van der Waals surface area contributed by atoms with E-state index in [4.69, 9.17) is 9.47 Å². The number of rotatable bonds is 51. The normalized spacial score (nSPS) is 12.7. The molecule has 0 saturated carbocycles. The summed E-state index contributed by atoms with van der Waals surface area (Å²) in [6, 6.07) is 0.233. The van der Waals surface area contributed by atoms with Crippen molar-refractivity contribution in [3.63, 3.8) is 0 Å². The molecule has 2 atom stereocenters. The Bertz CT molecular complexity index is 1050. The Kier molecular flexibility index (Phi) is 47.1. The standard InChI is InChI=1S/C58H113FN2O5/c1-8-13-18-19-20-22-31-41-54(42-32-24-25-33-43-55(59)58(64)66-51-47-53(39-29-16-11-4)40-30-17-12-5)61(56(62)44-36-48-60(6)7)49-35-26-21-23-34-45-57(63)65-50-46-52(37-27-14-9-2)38-28-15-10-3/h52-55H,8-51H2,1-7H3. The van der Waals surface area contributed by atoms with E-state index in [1.165, 1.54) is 141 Å². The Labute approximate surface area is 410 Å². The largest absolute Gasteiger partial charge is 0.466 e. The third-order valence-electron chi connectivity index (χ3n) is 14.1. The predicted octanol–water partition coefficient (Wildman–Crippen LogP) is 17.1. The summed E-state index contributed by atoms with van der Waals surface area (Å²) >= 11 is 0. The average molecular weight is 938 g/mol. The van der Waals surface area contributed by atoms with Crippen LogP contribution in [0, 0.1) is 11.8 Å². The van der Waals surface area contributed by atoms with Gasteiger partial charge in [-0.3, -0.25) is 9.59 Å². The maximum Gasteiger partial charge on any atom is 0.340 e. The van der Waals surface area contributed by atoms with Gasteiger partial charge in [-0.25, -0.2) is 9.18 Å². The average Bonchev–Trinajstić information content (AvgIpc) is 3.29. The summed E-state index contributed by atoms with van der Waals surface area (Å²) in [6.45, 7) is 13.8. The molecule has 2 unspecified atom stereocenters. The molecule has 0 saturated heterocycles. The zero-order valence-electron chi connectivity index (χ0n) is 45.2. The second-order valence-corrected chi connectivity index (χ2v) is 20.7. The number of esters is 2. The smallest absolute Gasteiger partial charge is 0.340 e. The first-order valence-corrected chi connectivity index (χ1v) is 29.0. The molecule has 0 spiro atoms. The van der Waals surface area contributed by atoms with Crippen LogP contribution in [0.4, 0.5) is 4.39 Å². The lowest BCUT2D eigenvalue weighted by Gasteiger charge is -2.33. The third kappa shape index (κ3) is 40.2. The molecule has 8 heteroatoms. The molecule has 1 amide bonds. The van der Waals surface area contributed by atoms with Crippen molar-refractivity contribution >= 4 is 17.8 Å². The molecule has 392 valence electrons. The second kappa shape index (κ2) is 48.3. The first kappa shape index (κ1) is 64.3. The number of hydrogen-bond donors (Lipinski definition) is 0. The monoisotopic (exact) mass is 937 g/mol. The van der Waals surface area contributed by atoms with Crippen LogP contribution in [0.3, 0.4) is 0 Å². The summed E-state index contributed by atoms with van der Waals surface area (Å²) in [5.41, 5.74) is 0. The number of halogens is 1. The van der Waals surface area contributed by atoms with E-state index in [1.54, 1.807) is 0 Å². The van der Waals surface area contributed by atoms with Crippen molar-refractivity contribution in [3.8, 4) is 0 Å². The molecular weight excluding hydrogens is 824 g/mol. The lowest BCUT2D eigenvalue weighted by molar-refractivity contribution is -0.150. The van der Waals surface area contributed by atoms with Crippen LogP contribution in [0.1, 0.15) is 291 Å². The van der Waals surface area contributed by atoms with Crippen molar-refractivity contribution in [2.45, 2.75) is 304 Å². The van der Waals surface area contributed by atoms with Crippen LogP contribution in [0.2, 0.25) is 0 Å². The lowest BCUT2D eigenvalue weighted by Crippen LogP contribution is -2.41. The number of unbranched alkanes of at least 4 members (excludes halogenated alkanes) is 21. The molecule has 0 aliphatic heterocycles. The van der Waals surface area contributed by atoms with Gasteiger partial charge in [-0.2, -0.15) is 0 Å². The fourth-order valence-corrected chi connectivity index (χ4v) is 9.68. The Morgan fingerprint density at radius 3 is 1.29 bits per heavy atom. The molecule has 0 aromatic carbocycles. The van der Waals surface area contributed by atoms with Crippen LogP contribution in [-0.4, -0.2) is 80.3 Å². The Hall–Kier alpha value is -1.70. The Balaban J connectivity index is 5.10. The van der Waals surface area contributed by atoms with Crippen molar-refractivity contribution in [2.24, 2.45) is 11.8 Å². The summed E-state index contributed by atoms with van der Waals surface area (Å²) in [5, 5.41) is 0. The molecule has 0 heterocycles. The van der Waals surface area contributed by atoms with Crippen molar-refractivity contribution in [3.05, 3.63) is 0 Å². The van der Waals surface area contributed by atoms with Crippen LogP contribution >= 0.6 is 0 Å². The molecule has 0 aromatic rings. The number of carbonyl (C=O) groups is 3. The SMILES string of the molecule is CCCCCCCCCC(CCCCCCC(F)C(=O)OCCC(CCCCC)CCCCC)N(CCCCCCCC(=O)OCCC(CCCCC)CCCCC)C(=O)CCCN(C)C. The third-order valence-corrected chi connectivity index (χ3v) is 14.1. The lowest BCUT2D eigenvalue weighted by atomic mass is 9.92.